The van der Waals surface area contributed by atoms with Gasteiger partial charge in [-0.15, -0.1) is 0 Å². The summed E-state index contributed by atoms with van der Waals surface area (Å²) >= 11 is 9.38. The van der Waals surface area contributed by atoms with Crippen molar-refractivity contribution in [1.82, 2.24) is 4.98 Å². The standard InChI is InChI=1S/C13H10BrClN2O/c14-9-2-1-8(11(15)6-9)5-13(18)12-4-3-10(16)7-17-12/h1-4,6-7H,5,16H2. The van der Waals surface area contributed by atoms with Crippen LogP contribution in [0.25, 0.3) is 0 Å². The van der Waals surface area contributed by atoms with Gasteiger partial charge in [-0.3, -0.25) is 9.78 Å². The van der Waals surface area contributed by atoms with E-state index in [2.05, 4.69) is 20.9 Å². The van der Waals surface area contributed by atoms with E-state index < -0.39 is 0 Å². The Hall–Kier alpha value is -1.39. The number of nitrogens with zero attached hydrogens (tertiary/aromatic N) is 1. The fraction of sp³-hybridized carbons (Fsp3) is 0.0769. The highest BCUT2D eigenvalue weighted by Gasteiger charge is 2.11. The third-order valence-electron chi connectivity index (χ3n) is 2.44. The van der Waals surface area contributed by atoms with Gasteiger partial charge in [0.05, 0.1) is 11.9 Å². The minimum Gasteiger partial charge on any atom is -0.397 e. The summed E-state index contributed by atoms with van der Waals surface area (Å²) in [4.78, 5) is 16.0. The van der Waals surface area contributed by atoms with Gasteiger partial charge in [0, 0.05) is 15.9 Å². The van der Waals surface area contributed by atoms with Gasteiger partial charge < -0.3 is 5.73 Å². The second-order valence-electron chi connectivity index (χ2n) is 3.81. The summed E-state index contributed by atoms with van der Waals surface area (Å²) in [5.41, 5.74) is 7.23. The molecule has 18 heavy (non-hydrogen) atoms. The Morgan fingerprint density at radius 1 is 1.33 bits per heavy atom. The smallest absolute Gasteiger partial charge is 0.185 e. The molecular weight excluding hydrogens is 316 g/mol. The monoisotopic (exact) mass is 324 g/mol. The van der Waals surface area contributed by atoms with E-state index in [-0.39, 0.29) is 12.2 Å². The van der Waals surface area contributed by atoms with Gasteiger partial charge in [-0.25, -0.2) is 0 Å². The highest BCUT2D eigenvalue weighted by molar-refractivity contribution is 9.10. The normalized spacial score (nSPS) is 10.3. The molecule has 0 aliphatic carbocycles. The summed E-state index contributed by atoms with van der Waals surface area (Å²) in [6.45, 7) is 0. The van der Waals surface area contributed by atoms with Crippen LogP contribution in [0.2, 0.25) is 5.02 Å². The van der Waals surface area contributed by atoms with Crippen LogP contribution in [0.4, 0.5) is 5.69 Å². The first-order valence-electron chi connectivity index (χ1n) is 5.25. The molecular formula is C13H10BrClN2O. The number of Topliss-reactive ketones (excluding diaryl/α,β-unsaturated/α-hetero) is 1. The molecule has 0 bridgehead atoms. The number of rotatable bonds is 3. The van der Waals surface area contributed by atoms with Crippen molar-refractivity contribution in [1.29, 1.82) is 0 Å². The largest absolute Gasteiger partial charge is 0.397 e. The van der Waals surface area contributed by atoms with E-state index in [1.54, 1.807) is 18.2 Å². The van der Waals surface area contributed by atoms with Gasteiger partial charge in [-0.2, -0.15) is 0 Å². The lowest BCUT2D eigenvalue weighted by molar-refractivity contribution is 0.0988. The van der Waals surface area contributed by atoms with Crippen LogP contribution in [0.3, 0.4) is 0 Å². The number of nitrogen functional groups attached to an aromatic ring is 1. The summed E-state index contributed by atoms with van der Waals surface area (Å²) in [5, 5.41) is 0.563. The average molecular weight is 326 g/mol. The predicted octanol–water partition coefficient (Wildman–Crippen LogP) is 3.51. The molecule has 5 heteroatoms. The first-order chi connectivity index (χ1) is 8.56. The lowest BCUT2D eigenvalue weighted by Gasteiger charge is -2.04. The molecule has 1 aromatic carbocycles. The van der Waals surface area contributed by atoms with E-state index in [0.29, 0.717) is 16.4 Å². The molecule has 0 saturated carbocycles. The molecule has 0 radical (unpaired) electrons. The molecule has 0 spiro atoms. The van der Waals surface area contributed by atoms with Crippen LogP contribution >= 0.6 is 27.5 Å². The fourth-order valence-corrected chi connectivity index (χ4v) is 2.24. The molecule has 0 aliphatic rings. The summed E-state index contributed by atoms with van der Waals surface area (Å²) in [6.07, 6.45) is 1.69. The summed E-state index contributed by atoms with van der Waals surface area (Å²) < 4.78 is 0.884. The van der Waals surface area contributed by atoms with Crippen LogP contribution in [0.5, 0.6) is 0 Å². The Kier molecular flexibility index (Phi) is 3.99. The Labute approximate surface area is 118 Å². The Morgan fingerprint density at radius 2 is 2.11 bits per heavy atom. The predicted molar refractivity (Wildman–Crippen MR) is 75.8 cm³/mol. The number of pyridine rings is 1. The zero-order valence-corrected chi connectivity index (χ0v) is 11.7. The second-order valence-corrected chi connectivity index (χ2v) is 5.14. The van der Waals surface area contributed by atoms with Crippen molar-refractivity contribution in [3.8, 4) is 0 Å². The Morgan fingerprint density at radius 3 is 2.72 bits per heavy atom. The number of benzene rings is 1. The molecule has 2 aromatic rings. The number of halogens is 2. The van der Waals surface area contributed by atoms with Gasteiger partial charge in [0.15, 0.2) is 5.78 Å². The maximum atomic E-state index is 12.0. The maximum absolute atomic E-state index is 12.0. The highest BCUT2D eigenvalue weighted by Crippen LogP contribution is 2.22. The van der Waals surface area contributed by atoms with Gasteiger partial charge in [0.1, 0.15) is 5.69 Å². The topological polar surface area (TPSA) is 56.0 Å². The molecule has 3 nitrogen and oxygen atoms in total. The van der Waals surface area contributed by atoms with Crippen LogP contribution in [0.1, 0.15) is 16.1 Å². The van der Waals surface area contributed by atoms with E-state index in [0.717, 1.165) is 10.0 Å². The lowest BCUT2D eigenvalue weighted by Crippen LogP contribution is -2.06. The number of nitrogens with two attached hydrogens (primary N) is 1. The number of carbonyl (C=O) groups is 1. The van der Waals surface area contributed by atoms with Gasteiger partial charge in [-0.05, 0) is 29.8 Å². The number of hydrogen-bond donors (Lipinski definition) is 1. The van der Waals surface area contributed by atoms with Gasteiger partial charge in [0.25, 0.3) is 0 Å². The SMILES string of the molecule is Nc1ccc(C(=O)Cc2ccc(Br)cc2Cl)nc1. The van der Waals surface area contributed by atoms with E-state index in [1.807, 2.05) is 12.1 Å². The number of aromatic nitrogens is 1. The first-order valence-corrected chi connectivity index (χ1v) is 6.42. The van der Waals surface area contributed by atoms with Crippen LogP contribution < -0.4 is 5.73 Å². The van der Waals surface area contributed by atoms with Crippen LogP contribution in [0, 0.1) is 0 Å². The molecule has 0 unspecified atom stereocenters. The van der Waals surface area contributed by atoms with Crippen molar-refractivity contribution in [3.63, 3.8) is 0 Å². The van der Waals surface area contributed by atoms with Crippen molar-refractivity contribution in [2.45, 2.75) is 6.42 Å². The summed E-state index contributed by atoms with van der Waals surface area (Å²) in [6, 6.07) is 8.71. The lowest BCUT2D eigenvalue weighted by atomic mass is 10.1. The Balaban J connectivity index is 2.18. The molecule has 1 aromatic heterocycles. The zero-order valence-electron chi connectivity index (χ0n) is 9.36. The van der Waals surface area contributed by atoms with Crippen molar-refractivity contribution in [3.05, 3.63) is 57.3 Å². The molecule has 92 valence electrons. The van der Waals surface area contributed by atoms with Crippen LogP contribution in [0.15, 0.2) is 41.0 Å². The molecule has 0 saturated heterocycles. The van der Waals surface area contributed by atoms with Gasteiger partial charge >= 0.3 is 0 Å². The summed E-state index contributed by atoms with van der Waals surface area (Å²) in [5.74, 6) is -0.0841. The quantitative estimate of drug-likeness (QED) is 0.879. The first kappa shape index (κ1) is 13.1. The highest BCUT2D eigenvalue weighted by atomic mass is 79.9. The number of anilines is 1. The molecule has 0 atom stereocenters. The zero-order chi connectivity index (χ0) is 13.1. The minimum absolute atomic E-state index is 0.0841. The van der Waals surface area contributed by atoms with E-state index in [4.69, 9.17) is 17.3 Å². The second kappa shape index (κ2) is 5.50. The molecule has 1 heterocycles. The number of ketones is 1. The average Bonchev–Trinajstić information content (AvgIpc) is 2.33. The van der Waals surface area contributed by atoms with Gasteiger partial charge in [0.2, 0.25) is 0 Å². The van der Waals surface area contributed by atoms with Crippen LogP contribution in [-0.2, 0) is 6.42 Å². The number of carbonyl (C=O) groups excluding carboxylic acids is 1. The molecule has 0 amide bonds. The maximum Gasteiger partial charge on any atom is 0.185 e. The van der Waals surface area contributed by atoms with E-state index >= 15 is 0 Å². The molecule has 0 fully saturated rings. The van der Waals surface area contributed by atoms with Crippen molar-refractivity contribution < 1.29 is 4.79 Å². The third kappa shape index (κ3) is 3.09. The fourth-order valence-electron chi connectivity index (χ4n) is 1.50. The number of hydrogen-bond acceptors (Lipinski definition) is 3. The third-order valence-corrected chi connectivity index (χ3v) is 3.28. The van der Waals surface area contributed by atoms with Crippen LogP contribution in [-0.4, -0.2) is 10.8 Å². The summed E-state index contributed by atoms with van der Waals surface area (Å²) in [7, 11) is 0. The van der Waals surface area contributed by atoms with E-state index in [1.165, 1.54) is 6.20 Å². The molecule has 0 aliphatic heterocycles. The van der Waals surface area contributed by atoms with Crippen molar-refractivity contribution in [2.24, 2.45) is 0 Å². The van der Waals surface area contributed by atoms with Crippen molar-refractivity contribution >= 4 is 39.0 Å². The van der Waals surface area contributed by atoms with Gasteiger partial charge in [-0.1, -0.05) is 33.6 Å². The molecule has 2 N–H and O–H groups in total. The van der Waals surface area contributed by atoms with E-state index in [9.17, 15) is 4.79 Å². The Bertz CT molecular complexity index is 584. The molecule has 2 rings (SSSR count). The van der Waals surface area contributed by atoms with Crippen molar-refractivity contribution in [2.75, 3.05) is 5.73 Å². The minimum atomic E-state index is -0.0841.